The van der Waals surface area contributed by atoms with Crippen molar-refractivity contribution in [1.29, 1.82) is 0 Å². The van der Waals surface area contributed by atoms with Crippen LogP contribution in [0.3, 0.4) is 0 Å². The van der Waals surface area contributed by atoms with Gasteiger partial charge in [-0.1, -0.05) is 25.1 Å². The Hall–Kier alpha value is -2.50. The van der Waals surface area contributed by atoms with Gasteiger partial charge in [0.2, 0.25) is 0 Å². The molecule has 3 heterocycles. The van der Waals surface area contributed by atoms with E-state index in [0.717, 1.165) is 42.5 Å². The van der Waals surface area contributed by atoms with E-state index in [4.69, 9.17) is 5.10 Å². The molecule has 27 heavy (non-hydrogen) atoms. The molecule has 1 aliphatic heterocycles. The van der Waals surface area contributed by atoms with E-state index in [1.54, 1.807) is 6.20 Å². The average molecular weight is 361 g/mol. The third-order valence-corrected chi connectivity index (χ3v) is 5.31. The zero-order chi connectivity index (χ0) is 18.5. The summed E-state index contributed by atoms with van der Waals surface area (Å²) in [4.78, 5) is 6.80. The van der Waals surface area contributed by atoms with Crippen LogP contribution < -0.4 is 5.32 Å². The van der Waals surface area contributed by atoms with Crippen molar-refractivity contribution < 1.29 is 0 Å². The quantitative estimate of drug-likeness (QED) is 0.701. The van der Waals surface area contributed by atoms with E-state index in [0.29, 0.717) is 0 Å². The molecule has 1 fully saturated rings. The summed E-state index contributed by atoms with van der Waals surface area (Å²) >= 11 is 0. The minimum atomic E-state index is 0.746. The van der Waals surface area contributed by atoms with Gasteiger partial charge < -0.3 is 10.2 Å². The van der Waals surface area contributed by atoms with E-state index < -0.39 is 0 Å². The van der Waals surface area contributed by atoms with E-state index in [1.807, 2.05) is 35.1 Å². The van der Waals surface area contributed by atoms with Crippen LogP contribution in [-0.2, 0) is 6.54 Å². The van der Waals surface area contributed by atoms with Gasteiger partial charge >= 0.3 is 0 Å². The molecule has 140 valence electrons. The number of hydrogen-bond acceptors (Lipinski definition) is 4. The van der Waals surface area contributed by atoms with Crippen LogP contribution in [0.5, 0.6) is 0 Å². The summed E-state index contributed by atoms with van der Waals surface area (Å²) in [7, 11) is 0. The van der Waals surface area contributed by atoms with Gasteiger partial charge in [0.15, 0.2) is 0 Å². The highest BCUT2D eigenvalue weighted by Gasteiger charge is 2.21. The zero-order valence-electron chi connectivity index (χ0n) is 15.9. The zero-order valence-corrected chi connectivity index (χ0v) is 15.9. The molecule has 1 saturated heterocycles. The second kappa shape index (κ2) is 8.46. The fourth-order valence-corrected chi connectivity index (χ4v) is 3.78. The van der Waals surface area contributed by atoms with Crippen molar-refractivity contribution in [2.45, 2.75) is 19.9 Å². The van der Waals surface area contributed by atoms with Crippen molar-refractivity contribution in [2.75, 3.05) is 26.2 Å². The molecular formula is C22H27N5. The highest BCUT2D eigenvalue weighted by atomic mass is 15.3. The third-order valence-electron chi connectivity index (χ3n) is 5.31. The molecule has 1 N–H and O–H groups in total. The van der Waals surface area contributed by atoms with Crippen LogP contribution in [0.15, 0.2) is 61.1 Å². The topological polar surface area (TPSA) is 46.0 Å². The first-order valence-electron chi connectivity index (χ1n) is 9.81. The fraction of sp³-hybridized carbons (Fsp3) is 0.364. The molecule has 4 rings (SSSR count). The summed E-state index contributed by atoms with van der Waals surface area (Å²) in [5, 5.41) is 8.52. The van der Waals surface area contributed by atoms with Crippen LogP contribution in [0.2, 0.25) is 0 Å². The Bertz CT molecular complexity index is 844. The molecule has 0 aliphatic carbocycles. The Labute approximate surface area is 161 Å². The smallest absolute Gasteiger partial charge is 0.0988 e. The van der Waals surface area contributed by atoms with Gasteiger partial charge in [-0.15, -0.1) is 0 Å². The van der Waals surface area contributed by atoms with Crippen molar-refractivity contribution in [3.05, 3.63) is 66.6 Å². The molecule has 1 atom stereocenters. The number of hydrogen-bond donors (Lipinski definition) is 1. The number of rotatable bonds is 7. The largest absolute Gasteiger partial charge is 0.312 e. The maximum Gasteiger partial charge on any atom is 0.0988 e. The Morgan fingerprint density at radius 2 is 2.04 bits per heavy atom. The Kier molecular flexibility index (Phi) is 5.61. The average Bonchev–Trinajstić information content (AvgIpc) is 3.36. The molecule has 5 nitrogen and oxygen atoms in total. The standard InChI is InChI=1S/C22H27N5/c1-2-26-12-10-18(16-26)13-24-15-20-17-27(21-8-4-3-5-9-21)25-22(20)19-7-6-11-23-14-19/h3-9,11,14,17-18,24H,2,10,12-13,15-16H2,1H3. The van der Waals surface area contributed by atoms with Crippen LogP contribution in [0, 0.1) is 5.92 Å². The number of likely N-dealkylation sites (tertiary alicyclic amines) is 1. The molecule has 1 unspecified atom stereocenters. The maximum atomic E-state index is 4.85. The Morgan fingerprint density at radius 3 is 2.78 bits per heavy atom. The van der Waals surface area contributed by atoms with Gasteiger partial charge in [0.05, 0.1) is 11.4 Å². The summed E-state index contributed by atoms with van der Waals surface area (Å²) in [6, 6.07) is 14.3. The molecular weight excluding hydrogens is 334 g/mol. The molecule has 0 bridgehead atoms. The van der Waals surface area contributed by atoms with Crippen LogP contribution in [0.1, 0.15) is 18.9 Å². The van der Waals surface area contributed by atoms with Crippen LogP contribution in [0.4, 0.5) is 0 Å². The highest BCUT2D eigenvalue weighted by Crippen LogP contribution is 2.23. The van der Waals surface area contributed by atoms with Gasteiger partial charge in [0, 0.05) is 42.8 Å². The summed E-state index contributed by atoms with van der Waals surface area (Å²) in [5.74, 6) is 0.746. The molecule has 1 aliphatic rings. The Morgan fingerprint density at radius 1 is 1.15 bits per heavy atom. The van der Waals surface area contributed by atoms with E-state index in [1.165, 1.54) is 25.1 Å². The lowest BCUT2D eigenvalue weighted by Crippen LogP contribution is -2.26. The summed E-state index contributed by atoms with van der Waals surface area (Å²) in [6.07, 6.45) is 7.11. The first kappa shape index (κ1) is 17.9. The first-order chi connectivity index (χ1) is 13.3. The van der Waals surface area contributed by atoms with Crippen molar-refractivity contribution in [3.8, 4) is 16.9 Å². The third kappa shape index (κ3) is 4.26. The van der Waals surface area contributed by atoms with Crippen molar-refractivity contribution in [3.63, 3.8) is 0 Å². The summed E-state index contributed by atoms with van der Waals surface area (Å²) in [5.41, 5.74) is 4.34. The fourth-order valence-electron chi connectivity index (χ4n) is 3.78. The van der Waals surface area contributed by atoms with E-state index in [9.17, 15) is 0 Å². The van der Waals surface area contributed by atoms with Crippen molar-refractivity contribution >= 4 is 0 Å². The molecule has 0 saturated carbocycles. The second-order valence-electron chi connectivity index (χ2n) is 7.20. The van der Waals surface area contributed by atoms with E-state index >= 15 is 0 Å². The SMILES string of the molecule is CCN1CCC(CNCc2cn(-c3ccccc3)nc2-c2cccnc2)C1. The van der Waals surface area contributed by atoms with Gasteiger partial charge in [-0.2, -0.15) is 5.10 Å². The molecule has 5 heteroatoms. The maximum absolute atomic E-state index is 4.85. The number of para-hydroxylation sites is 1. The monoisotopic (exact) mass is 361 g/mol. The highest BCUT2D eigenvalue weighted by molar-refractivity contribution is 5.62. The van der Waals surface area contributed by atoms with E-state index in [-0.39, 0.29) is 0 Å². The molecule has 0 radical (unpaired) electrons. The van der Waals surface area contributed by atoms with Gasteiger partial charge in [-0.25, -0.2) is 4.68 Å². The molecule has 0 spiro atoms. The first-order valence-corrected chi connectivity index (χ1v) is 9.81. The minimum Gasteiger partial charge on any atom is -0.312 e. The number of nitrogens with one attached hydrogen (secondary N) is 1. The normalized spacial score (nSPS) is 17.4. The Balaban J connectivity index is 1.51. The van der Waals surface area contributed by atoms with Gasteiger partial charge in [0.1, 0.15) is 0 Å². The van der Waals surface area contributed by atoms with Crippen molar-refractivity contribution in [1.82, 2.24) is 25.0 Å². The molecule has 0 amide bonds. The lowest BCUT2D eigenvalue weighted by molar-refractivity contribution is 0.339. The summed E-state index contributed by atoms with van der Waals surface area (Å²) < 4.78 is 1.97. The number of nitrogens with zero attached hydrogens (tertiary/aromatic N) is 4. The number of pyridine rings is 1. The van der Waals surface area contributed by atoms with Gasteiger partial charge in [-0.3, -0.25) is 4.98 Å². The lowest BCUT2D eigenvalue weighted by Gasteiger charge is -2.13. The number of aromatic nitrogens is 3. The summed E-state index contributed by atoms with van der Waals surface area (Å²) in [6.45, 7) is 7.72. The number of benzene rings is 1. The van der Waals surface area contributed by atoms with Gasteiger partial charge in [-0.05, 0) is 56.2 Å². The van der Waals surface area contributed by atoms with Crippen LogP contribution >= 0.6 is 0 Å². The van der Waals surface area contributed by atoms with Gasteiger partial charge in [0.25, 0.3) is 0 Å². The lowest BCUT2D eigenvalue weighted by atomic mass is 10.1. The van der Waals surface area contributed by atoms with Crippen molar-refractivity contribution in [2.24, 2.45) is 5.92 Å². The molecule has 3 aromatic rings. The predicted molar refractivity (Wildman–Crippen MR) is 109 cm³/mol. The molecule has 1 aromatic carbocycles. The van der Waals surface area contributed by atoms with E-state index in [2.05, 4.69) is 46.5 Å². The van der Waals surface area contributed by atoms with Crippen LogP contribution in [0.25, 0.3) is 16.9 Å². The molecule has 2 aromatic heterocycles. The van der Waals surface area contributed by atoms with Crippen LogP contribution in [-0.4, -0.2) is 45.8 Å². The second-order valence-corrected chi connectivity index (χ2v) is 7.20. The predicted octanol–water partition coefficient (Wildman–Crippen LogP) is 3.37. The minimum absolute atomic E-state index is 0.746.